The van der Waals surface area contributed by atoms with Crippen LogP contribution in [0.5, 0.6) is 0 Å². The average molecular weight is 498 g/mol. The molecule has 0 bridgehead atoms. The Hall–Kier alpha value is -1.59. The molecular weight excluding hydrogens is 482 g/mol. The minimum Gasteiger partial charge on any atom is -0.298 e. The van der Waals surface area contributed by atoms with Gasteiger partial charge < -0.3 is 0 Å². The highest BCUT2D eigenvalue weighted by Crippen LogP contribution is 2.33. The molecule has 0 spiro atoms. The first-order valence-electron chi connectivity index (χ1n) is 8.45. The van der Waals surface area contributed by atoms with Crippen molar-refractivity contribution in [1.82, 2.24) is 9.29 Å². The third-order valence-electron chi connectivity index (χ3n) is 4.40. The number of anilines is 1. The molecule has 0 aliphatic heterocycles. The summed E-state index contributed by atoms with van der Waals surface area (Å²) in [4.78, 5) is 18.1. The SMILES string of the molecule is CN(C1CC1)S(=O)(=O)c1ccc(C(=O)Nc2nc(-c3ccc(Br)s3)cs2)cc1. The van der Waals surface area contributed by atoms with E-state index in [0.717, 1.165) is 27.2 Å². The van der Waals surface area contributed by atoms with Gasteiger partial charge in [0.05, 0.1) is 19.3 Å². The Labute approximate surface area is 179 Å². The number of aromatic nitrogens is 1. The third kappa shape index (κ3) is 4.06. The van der Waals surface area contributed by atoms with Gasteiger partial charge in [0.15, 0.2) is 5.13 Å². The van der Waals surface area contributed by atoms with E-state index in [-0.39, 0.29) is 16.8 Å². The summed E-state index contributed by atoms with van der Waals surface area (Å²) in [6.45, 7) is 0. The van der Waals surface area contributed by atoms with Gasteiger partial charge in [-0.2, -0.15) is 4.31 Å². The van der Waals surface area contributed by atoms with Gasteiger partial charge in [0.1, 0.15) is 0 Å². The van der Waals surface area contributed by atoms with Crippen molar-refractivity contribution in [2.24, 2.45) is 0 Å². The zero-order chi connectivity index (χ0) is 19.9. The molecule has 3 aromatic rings. The molecule has 1 amide bonds. The highest BCUT2D eigenvalue weighted by molar-refractivity contribution is 9.11. The third-order valence-corrected chi connectivity index (χ3v) is 8.73. The molecular formula is C18H16BrN3O3S3. The number of thiazole rings is 1. The molecule has 2 aromatic heterocycles. The smallest absolute Gasteiger partial charge is 0.257 e. The van der Waals surface area contributed by atoms with E-state index in [0.29, 0.717) is 10.7 Å². The number of thiophene rings is 1. The number of carbonyl (C=O) groups is 1. The van der Waals surface area contributed by atoms with Crippen molar-refractivity contribution in [1.29, 1.82) is 0 Å². The van der Waals surface area contributed by atoms with Gasteiger partial charge in [-0.25, -0.2) is 13.4 Å². The van der Waals surface area contributed by atoms with Crippen molar-refractivity contribution in [3.05, 3.63) is 51.1 Å². The van der Waals surface area contributed by atoms with Crippen molar-refractivity contribution in [3.63, 3.8) is 0 Å². The molecule has 0 radical (unpaired) electrons. The molecule has 1 aromatic carbocycles. The van der Waals surface area contributed by atoms with Crippen LogP contribution in [0.1, 0.15) is 23.2 Å². The summed E-state index contributed by atoms with van der Waals surface area (Å²) in [6, 6.07) is 10.00. The number of nitrogens with one attached hydrogen (secondary N) is 1. The topological polar surface area (TPSA) is 79.4 Å². The Bertz CT molecular complexity index is 1120. The molecule has 10 heteroatoms. The normalized spacial score (nSPS) is 14.4. The molecule has 1 saturated carbocycles. The van der Waals surface area contributed by atoms with Crippen LogP contribution in [0.15, 0.2) is 50.5 Å². The van der Waals surface area contributed by atoms with Gasteiger partial charge in [0, 0.05) is 24.0 Å². The number of sulfonamides is 1. The highest BCUT2D eigenvalue weighted by Gasteiger charge is 2.35. The standard InChI is InChI=1S/C18H16BrN3O3S3/c1-22(12-4-5-12)28(24,25)13-6-2-11(3-7-13)17(23)21-18-20-14(10-26-18)15-8-9-16(19)27-15/h2-3,6-10,12H,4-5H2,1H3,(H,20,21,23). The van der Waals surface area contributed by atoms with Gasteiger partial charge in [-0.3, -0.25) is 10.1 Å². The van der Waals surface area contributed by atoms with Crippen LogP contribution < -0.4 is 5.32 Å². The molecule has 1 aliphatic rings. The van der Waals surface area contributed by atoms with E-state index in [1.54, 1.807) is 18.4 Å². The maximum Gasteiger partial charge on any atom is 0.257 e. The van der Waals surface area contributed by atoms with Crippen LogP contribution in [-0.4, -0.2) is 36.7 Å². The predicted molar refractivity (Wildman–Crippen MR) is 115 cm³/mol. The van der Waals surface area contributed by atoms with Gasteiger partial charge in [-0.1, -0.05) is 0 Å². The van der Waals surface area contributed by atoms with E-state index < -0.39 is 10.0 Å². The zero-order valence-corrected chi connectivity index (χ0v) is 18.8. The van der Waals surface area contributed by atoms with Crippen LogP contribution in [0.4, 0.5) is 5.13 Å². The summed E-state index contributed by atoms with van der Waals surface area (Å²) in [6.07, 6.45) is 1.79. The molecule has 2 heterocycles. The van der Waals surface area contributed by atoms with E-state index in [1.807, 2.05) is 17.5 Å². The summed E-state index contributed by atoms with van der Waals surface area (Å²) in [7, 11) is -1.92. The number of hydrogen-bond donors (Lipinski definition) is 1. The quantitative estimate of drug-likeness (QED) is 0.536. The Balaban J connectivity index is 1.46. The number of halogens is 1. The fourth-order valence-electron chi connectivity index (χ4n) is 2.64. The molecule has 1 aliphatic carbocycles. The van der Waals surface area contributed by atoms with Gasteiger partial charge in [0.25, 0.3) is 5.91 Å². The Morgan fingerprint density at radius 1 is 1.21 bits per heavy atom. The van der Waals surface area contributed by atoms with Crippen LogP contribution in [0.25, 0.3) is 10.6 Å². The first-order valence-corrected chi connectivity index (χ1v) is 12.4. The van der Waals surface area contributed by atoms with Gasteiger partial charge in [-0.05, 0) is 65.2 Å². The van der Waals surface area contributed by atoms with Crippen molar-refractivity contribution in [3.8, 4) is 10.6 Å². The lowest BCUT2D eigenvalue weighted by Crippen LogP contribution is -2.29. The van der Waals surface area contributed by atoms with E-state index in [1.165, 1.54) is 39.9 Å². The highest BCUT2D eigenvalue weighted by atomic mass is 79.9. The van der Waals surface area contributed by atoms with E-state index in [9.17, 15) is 13.2 Å². The Morgan fingerprint density at radius 3 is 2.54 bits per heavy atom. The summed E-state index contributed by atoms with van der Waals surface area (Å²) in [5.41, 5.74) is 1.18. The van der Waals surface area contributed by atoms with Crippen LogP contribution in [0, 0.1) is 0 Å². The minimum atomic E-state index is -3.51. The number of hydrogen-bond acceptors (Lipinski definition) is 6. The summed E-state index contributed by atoms with van der Waals surface area (Å²) in [5.74, 6) is -0.326. The lowest BCUT2D eigenvalue weighted by Gasteiger charge is -2.16. The fraction of sp³-hybridized carbons (Fsp3) is 0.222. The lowest BCUT2D eigenvalue weighted by atomic mass is 10.2. The van der Waals surface area contributed by atoms with Crippen LogP contribution in [0.3, 0.4) is 0 Å². The number of rotatable bonds is 6. The van der Waals surface area contributed by atoms with Gasteiger partial charge in [0.2, 0.25) is 10.0 Å². The number of amides is 1. The monoisotopic (exact) mass is 497 g/mol. The Kier molecular flexibility index (Phi) is 5.41. The van der Waals surface area contributed by atoms with E-state index >= 15 is 0 Å². The molecule has 1 N–H and O–H groups in total. The molecule has 0 unspecified atom stereocenters. The first-order chi connectivity index (χ1) is 13.3. The van der Waals surface area contributed by atoms with Crippen molar-refractivity contribution < 1.29 is 13.2 Å². The largest absolute Gasteiger partial charge is 0.298 e. The number of nitrogens with zero attached hydrogens (tertiary/aromatic N) is 2. The molecule has 1 fully saturated rings. The lowest BCUT2D eigenvalue weighted by molar-refractivity contribution is 0.102. The van der Waals surface area contributed by atoms with Gasteiger partial charge in [-0.15, -0.1) is 22.7 Å². The van der Waals surface area contributed by atoms with Crippen molar-refractivity contribution >= 4 is 59.7 Å². The van der Waals surface area contributed by atoms with Crippen LogP contribution in [-0.2, 0) is 10.0 Å². The van der Waals surface area contributed by atoms with Crippen LogP contribution in [0.2, 0.25) is 0 Å². The van der Waals surface area contributed by atoms with Crippen molar-refractivity contribution in [2.75, 3.05) is 12.4 Å². The minimum absolute atomic E-state index is 0.0936. The van der Waals surface area contributed by atoms with E-state index in [4.69, 9.17) is 0 Å². The van der Waals surface area contributed by atoms with Crippen molar-refractivity contribution in [2.45, 2.75) is 23.8 Å². The maximum absolute atomic E-state index is 12.5. The average Bonchev–Trinajstić information content (AvgIpc) is 3.28. The molecule has 146 valence electrons. The van der Waals surface area contributed by atoms with Gasteiger partial charge >= 0.3 is 0 Å². The molecule has 4 rings (SSSR count). The predicted octanol–water partition coefficient (Wildman–Crippen LogP) is 4.67. The first kappa shape index (κ1) is 19.7. The number of benzene rings is 1. The van der Waals surface area contributed by atoms with Crippen LogP contribution >= 0.6 is 38.6 Å². The molecule has 6 nitrogen and oxygen atoms in total. The Morgan fingerprint density at radius 2 is 1.93 bits per heavy atom. The summed E-state index contributed by atoms with van der Waals surface area (Å²) >= 11 is 6.34. The second-order valence-corrected chi connectivity index (χ2v) is 11.7. The molecule has 0 atom stereocenters. The molecule has 28 heavy (non-hydrogen) atoms. The van der Waals surface area contributed by atoms with E-state index in [2.05, 4.69) is 26.2 Å². The maximum atomic E-state index is 12.5. The summed E-state index contributed by atoms with van der Waals surface area (Å²) < 4.78 is 27.5. The second-order valence-electron chi connectivity index (χ2n) is 6.37. The fourth-order valence-corrected chi connectivity index (χ4v) is 6.19. The molecule has 0 saturated heterocycles. The number of carbonyl (C=O) groups excluding carboxylic acids is 1. The second kappa shape index (κ2) is 7.68. The summed E-state index contributed by atoms with van der Waals surface area (Å²) in [5, 5.41) is 5.15. The zero-order valence-electron chi connectivity index (χ0n) is 14.8.